The molecule has 2 aromatic carbocycles. The Balaban J connectivity index is 1.79. The number of nitrogens with one attached hydrogen (secondary N) is 1. The van der Waals surface area contributed by atoms with Crippen molar-refractivity contribution in [3.05, 3.63) is 82.5 Å². The summed E-state index contributed by atoms with van der Waals surface area (Å²) in [6.07, 6.45) is 2.05. The smallest absolute Gasteiger partial charge is 0.262 e. The first kappa shape index (κ1) is 15.1. The molecule has 0 aliphatic carbocycles. The van der Waals surface area contributed by atoms with Crippen molar-refractivity contribution >= 4 is 11.0 Å². The molecule has 0 saturated carbocycles. The van der Waals surface area contributed by atoms with Gasteiger partial charge in [-0.1, -0.05) is 30.3 Å². The number of methoxy groups -OCH3 is 1. The number of aromatic nitrogens is 4. The first-order chi connectivity index (χ1) is 12.2. The van der Waals surface area contributed by atoms with Crippen molar-refractivity contribution in [1.82, 2.24) is 19.7 Å². The lowest BCUT2D eigenvalue weighted by Gasteiger charge is -2.06. The molecule has 1 N–H and O–H groups in total. The monoisotopic (exact) mass is 332 g/mol. The molecule has 0 spiro atoms. The maximum atomic E-state index is 12.4. The summed E-state index contributed by atoms with van der Waals surface area (Å²) >= 11 is 0. The number of aromatic amines is 1. The van der Waals surface area contributed by atoms with Crippen molar-refractivity contribution in [2.24, 2.45) is 0 Å². The predicted molar refractivity (Wildman–Crippen MR) is 95.3 cm³/mol. The summed E-state index contributed by atoms with van der Waals surface area (Å²) in [5, 5.41) is 4.79. The molecule has 4 rings (SSSR count). The average Bonchev–Trinajstić information content (AvgIpc) is 3.07. The zero-order chi connectivity index (χ0) is 17.2. The van der Waals surface area contributed by atoms with E-state index in [9.17, 15) is 4.79 Å². The van der Waals surface area contributed by atoms with E-state index in [2.05, 4.69) is 15.1 Å². The molecule has 0 unspecified atom stereocenters. The minimum atomic E-state index is -0.190. The molecule has 6 nitrogen and oxygen atoms in total. The molecule has 0 atom stereocenters. The van der Waals surface area contributed by atoms with Gasteiger partial charge < -0.3 is 9.72 Å². The van der Waals surface area contributed by atoms with Crippen LogP contribution >= 0.6 is 0 Å². The molecule has 124 valence electrons. The minimum Gasteiger partial charge on any atom is -0.497 e. The molecule has 0 radical (unpaired) electrons. The summed E-state index contributed by atoms with van der Waals surface area (Å²) in [5.41, 5.74) is 2.23. The SMILES string of the molecule is COc1cccc(Cc2nc3c(cnn3-c3ccccc3)c(=O)[nH]2)c1. The second-order valence-electron chi connectivity index (χ2n) is 5.67. The average molecular weight is 332 g/mol. The molecule has 0 bridgehead atoms. The highest BCUT2D eigenvalue weighted by molar-refractivity contribution is 5.75. The van der Waals surface area contributed by atoms with Gasteiger partial charge in [-0.05, 0) is 29.8 Å². The van der Waals surface area contributed by atoms with Crippen LogP contribution in [-0.2, 0) is 6.42 Å². The first-order valence-corrected chi connectivity index (χ1v) is 7.90. The van der Waals surface area contributed by atoms with Gasteiger partial charge in [0.1, 0.15) is 17.0 Å². The van der Waals surface area contributed by atoms with Crippen LogP contribution in [0, 0.1) is 0 Å². The third-order valence-corrected chi connectivity index (χ3v) is 3.99. The van der Waals surface area contributed by atoms with Crippen molar-refractivity contribution in [2.45, 2.75) is 6.42 Å². The molecule has 0 amide bonds. The Bertz CT molecular complexity index is 1080. The van der Waals surface area contributed by atoms with Crippen molar-refractivity contribution in [1.29, 1.82) is 0 Å². The van der Waals surface area contributed by atoms with E-state index in [-0.39, 0.29) is 5.56 Å². The Morgan fingerprint density at radius 3 is 2.76 bits per heavy atom. The fraction of sp³-hybridized carbons (Fsp3) is 0.105. The van der Waals surface area contributed by atoms with Gasteiger partial charge in [0.25, 0.3) is 5.56 Å². The molecule has 0 aliphatic heterocycles. The first-order valence-electron chi connectivity index (χ1n) is 7.90. The van der Waals surface area contributed by atoms with Crippen LogP contribution in [0.1, 0.15) is 11.4 Å². The van der Waals surface area contributed by atoms with Gasteiger partial charge in [0.05, 0.1) is 19.0 Å². The van der Waals surface area contributed by atoms with E-state index < -0.39 is 0 Å². The fourth-order valence-electron chi connectivity index (χ4n) is 2.78. The Hall–Kier alpha value is -3.41. The molecule has 6 heteroatoms. The van der Waals surface area contributed by atoms with Gasteiger partial charge in [0.15, 0.2) is 5.65 Å². The number of nitrogens with zero attached hydrogens (tertiary/aromatic N) is 3. The molecule has 0 aliphatic rings. The number of fused-ring (bicyclic) bond motifs is 1. The number of H-pyrrole nitrogens is 1. The van der Waals surface area contributed by atoms with Crippen LogP contribution in [0.5, 0.6) is 5.75 Å². The number of hydrogen-bond acceptors (Lipinski definition) is 4. The van der Waals surface area contributed by atoms with Gasteiger partial charge in [0.2, 0.25) is 0 Å². The van der Waals surface area contributed by atoms with Crippen LogP contribution in [0.2, 0.25) is 0 Å². The van der Waals surface area contributed by atoms with Crippen molar-refractivity contribution in [3.63, 3.8) is 0 Å². The number of hydrogen-bond donors (Lipinski definition) is 1. The predicted octanol–water partition coefficient (Wildman–Crippen LogP) is 2.71. The van der Waals surface area contributed by atoms with E-state index in [1.165, 1.54) is 0 Å². The number of para-hydroxylation sites is 1. The van der Waals surface area contributed by atoms with Crippen LogP contribution in [0.4, 0.5) is 0 Å². The maximum absolute atomic E-state index is 12.4. The lowest BCUT2D eigenvalue weighted by atomic mass is 10.1. The Morgan fingerprint density at radius 1 is 1.12 bits per heavy atom. The Labute approximate surface area is 143 Å². The summed E-state index contributed by atoms with van der Waals surface area (Å²) in [6, 6.07) is 17.3. The number of ether oxygens (including phenoxy) is 1. The lowest BCUT2D eigenvalue weighted by Crippen LogP contribution is -2.12. The summed E-state index contributed by atoms with van der Waals surface area (Å²) in [7, 11) is 1.63. The molecular formula is C19H16N4O2. The highest BCUT2D eigenvalue weighted by atomic mass is 16.5. The summed E-state index contributed by atoms with van der Waals surface area (Å²) in [5.74, 6) is 1.36. The lowest BCUT2D eigenvalue weighted by molar-refractivity contribution is 0.414. The van der Waals surface area contributed by atoms with E-state index in [4.69, 9.17) is 4.74 Å². The Morgan fingerprint density at radius 2 is 1.96 bits per heavy atom. The molecule has 0 fully saturated rings. The standard InChI is InChI=1S/C19H16N4O2/c1-25-15-9-5-6-13(10-15)11-17-21-18-16(19(24)22-17)12-20-23(18)14-7-3-2-4-8-14/h2-10,12H,11H2,1H3,(H,21,22,24). The topological polar surface area (TPSA) is 72.8 Å². The molecule has 2 aromatic heterocycles. The van der Waals surface area contributed by atoms with E-state index in [1.807, 2.05) is 54.6 Å². The fourth-order valence-corrected chi connectivity index (χ4v) is 2.78. The quantitative estimate of drug-likeness (QED) is 0.624. The molecule has 2 heterocycles. The summed E-state index contributed by atoms with van der Waals surface area (Å²) < 4.78 is 6.92. The summed E-state index contributed by atoms with van der Waals surface area (Å²) in [4.78, 5) is 19.9. The summed E-state index contributed by atoms with van der Waals surface area (Å²) in [6.45, 7) is 0. The van der Waals surface area contributed by atoms with E-state index in [0.717, 1.165) is 17.0 Å². The van der Waals surface area contributed by atoms with Gasteiger partial charge in [-0.25, -0.2) is 9.67 Å². The largest absolute Gasteiger partial charge is 0.497 e. The third-order valence-electron chi connectivity index (χ3n) is 3.99. The van der Waals surface area contributed by atoms with E-state index >= 15 is 0 Å². The molecule has 4 aromatic rings. The maximum Gasteiger partial charge on any atom is 0.262 e. The molecule has 0 saturated heterocycles. The zero-order valence-electron chi connectivity index (χ0n) is 13.6. The van der Waals surface area contributed by atoms with Gasteiger partial charge >= 0.3 is 0 Å². The Kier molecular flexibility index (Phi) is 3.78. The van der Waals surface area contributed by atoms with Crippen LogP contribution in [0.3, 0.4) is 0 Å². The van der Waals surface area contributed by atoms with Crippen LogP contribution in [0.15, 0.2) is 65.6 Å². The number of rotatable bonds is 4. The highest BCUT2D eigenvalue weighted by Gasteiger charge is 2.12. The van der Waals surface area contributed by atoms with Gasteiger partial charge in [0, 0.05) is 6.42 Å². The van der Waals surface area contributed by atoms with Gasteiger partial charge in [-0.15, -0.1) is 0 Å². The van der Waals surface area contributed by atoms with Crippen LogP contribution in [0.25, 0.3) is 16.7 Å². The second-order valence-corrected chi connectivity index (χ2v) is 5.67. The molecular weight excluding hydrogens is 316 g/mol. The van der Waals surface area contributed by atoms with Gasteiger partial charge in [-0.2, -0.15) is 5.10 Å². The third kappa shape index (κ3) is 2.89. The number of benzene rings is 2. The van der Waals surface area contributed by atoms with Gasteiger partial charge in [-0.3, -0.25) is 4.79 Å². The molecule has 25 heavy (non-hydrogen) atoms. The van der Waals surface area contributed by atoms with E-state index in [0.29, 0.717) is 23.3 Å². The van der Waals surface area contributed by atoms with Crippen molar-refractivity contribution in [3.8, 4) is 11.4 Å². The minimum absolute atomic E-state index is 0.190. The van der Waals surface area contributed by atoms with Crippen molar-refractivity contribution < 1.29 is 4.74 Å². The normalized spacial score (nSPS) is 10.9. The second kappa shape index (κ2) is 6.24. The zero-order valence-corrected chi connectivity index (χ0v) is 13.6. The highest BCUT2D eigenvalue weighted by Crippen LogP contribution is 2.17. The van der Waals surface area contributed by atoms with Crippen LogP contribution < -0.4 is 10.3 Å². The van der Waals surface area contributed by atoms with Crippen LogP contribution in [-0.4, -0.2) is 26.9 Å². The van der Waals surface area contributed by atoms with Crippen molar-refractivity contribution in [2.75, 3.05) is 7.11 Å². The van der Waals surface area contributed by atoms with E-state index in [1.54, 1.807) is 18.0 Å².